The summed E-state index contributed by atoms with van der Waals surface area (Å²) in [6.45, 7) is 7.04. The van der Waals surface area contributed by atoms with Crippen LogP contribution in [0.15, 0.2) is 0 Å². The molecule has 4 nitrogen and oxygen atoms in total. The second-order valence-electron chi connectivity index (χ2n) is 6.29. The highest BCUT2D eigenvalue weighted by Crippen LogP contribution is 2.29. The molecule has 0 spiro atoms. The summed E-state index contributed by atoms with van der Waals surface area (Å²) in [7, 11) is 0. The van der Waals surface area contributed by atoms with Gasteiger partial charge in [0.2, 0.25) is 0 Å². The first kappa shape index (κ1) is 18.1. The Bertz CT molecular complexity index is 536. The molecule has 0 unspecified atom stereocenters. The summed E-state index contributed by atoms with van der Waals surface area (Å²) in [6.07, 6.45) is 3.51. The van der Waals surface area contributed by atoms with Crippen molar-refractivity contribution in [1.82, 2.24) is 10.3 Å². The third kappa shape index (κ3) is 4.50. The van der Waals surface area contributed by atoms with Crippen LogP contribution in [0.4, 0.5) is 0 Å². The molecule has 0 aromatic carbocycles. The van der Waals surface area contributed by atoms with Crippen LogP contribution in [0.5, 0.6) is 0 Å². The van der Waals surface area contributed by atoms with Gasteiger partial charge in [-0.2, -0.15) is 5.26 Å². The van der Waals surface area contributed by atoms with Crippen molar-refractivity contribution in [2.24, 2.45) is 0 Å². The highest BCUT2D eigenvalue weighted by atomic mass is 35.5. The third-order valence-corrected chi connectivity index (χ3v) is 4.47. The normalized spacial score (nSPS) is 18.7. The molecule has 1 N–H and O–H groups in total. The van der Waals surface area contributed by atoms with Crippen LogP contribution in [0, 0.1) is 11.3 Å². The molecule has 0 aliphatic carbocycles. The van der Waals surface area contributed by atoms with E-state index < -0.39 is 0 Å². The Balaban J connectivity index is 0.00000220. The number of thiazole rings is 1. The smallest absolute Gasteiger partial charge is 0.156 e. The van der Waals surface area contributed by atoms with E-state index in [0.717, 1.165) is 36.5 Å². The van der Waals surface area contributed by atoms with E-state index >= 15 is 0 Å². The van der Waals surface area contributed by atoms with Gasteiger partial charge in [0.1, 0.15) is 16.0 Å². The third-order valence-electron chi connectivity index (χ3n) is 3.51. The van der Waals surface area contributed by atoms with E-state index in [1.807, 2.05) is 20.8 Å². The molecule has 6 heteroatoms. The minimum Gasteiger partial charge on any atom is -0.307 e. The Kier molecular flexibility index (Phi) is 6.33. The number of carbonyl (C=O) groups is 1. The van der Waals surface area contributed by atoms with E-state index in [1.54, 1.807) is 0 Å². The number of Topliss-reactive ketones (excluding diaryl/α,β-unsaturated/α-hetero) is 1. The zero-order valence-corrected chi connectivity index (χ0v) is 14.4. The largest absolute Gasteiger partial charge is 0.307 e. The molecule has 0 saturated carbocycles. The van der Waals surface area contributed by atoms with E-state index in [-0.39, 0.29) is 29.6 Å². The lowest BCUT2D eigenvalue weighted by Crippen LogP contribution is -2.41. The van der Waals surface area contributed by atoms with Gasteiger partial charge < -0.3 is 5.32 Å². The molecule has 116 valence electrons. The Morgan fingerprint density at radius 2 is 2.19 bits per heavy atom. The lowest BCUT2D eigenvalue weighted by Gasteiger charge is -2.21. The van der Waals surface area contributed by atoms with E-state index in [9.17, 15) is 10.1 Å². The number of aromatic nitrogens is 1. The molecule has 0 amide bonds. The lowest BCUT2D eigenvalue weighted by atomic mass is 9.91. The van der Waals surface area contributed by atoms with Gasteiger partial charge in [0.25, 0.3) is 0 Å². The predicted molar refractivity (Wildman–Crippen MR) is 87.1 cm³/mol. The van der Waals surface area contributed by atoms with Crippen molar-refractivity contribution in [3.05, 3.63) is 15.6 Å². The van der Waals surface area contributed by atoms with Crippen LogP contribution in [0.1, 0.15) is 55.6 Å². The Hall–Kier alpha value is -0.960. The SMILES string of the molecule is CC(C)(C)c1nc(CC(=O)[C@@H]2CCCCN2)sc1C#N.Cl. The van der Waals surface area contributed by atoms with Crippen LogP contribution in [0.25, 0.3) is 0 Å². The first-order chi connectivity index (χ1) is 9.41. The molecule has 1 fully saturated rings. The first-order valence-electron chi connectivity index (χ1n) is 7.08. The van der Waals surface area contributed by atoms with Crippen molar-refractivity contribution in [3.8, 4) is 6.07 Å². The number of carbonyl (C=O) groups excluding carboxylic acids is 1. The number of nitriles is 1. The van der Waals surface area contributed by atoms with Gasteiger partial charge in [-0.1, -0.05) is 27.2 Å². The Labute approximate surface area is 136 Å². The molecular weight excluding hydrogens is 306 g/mol. The number of hydrogen-bond acceptors (Lipinski definition) is 5. The van der Waals surface area contributed by atoms with Gasteiger partial charge in [-0.25, -0.2) is 4.98 Å². The summed E-state index contributed by atoms with van der Waals surface area (Å²) in [5, 5.41) is 13.2. The second kappa shape index (κ2) is 7.35. The summed E-state index contributed by atoms with van der Waals surface area (Å²) in [5.41, 5.74) is 0.649. The summed E-state index contributed by atoms with van der Waals surface area (Å²) in [4.78, 5) is 17.4. The first-order valence-corrected chi connectivity index (χ1v) is 7.90. The molecule has 21 heavy (non-hydrogen) atoms. The average Bonchev–Trinajstić information content (AvgIpc) is 2.83. The van der Waals surface area contributed by atoms with Crippen molar-refractivity contribution in [1.29, 1.82) is 5.26 Å². The van der Waals surface area contributed by atoms with E-state index in [4.69, 9.17) is 0 Å². The highest BCUT2D eigenvalue weighted by molar-refractivity contribution is 7.12. The summed E-state index contributed by atoms with van der Waals surface area (Å²) in [5.74, 6) is 0.198. The molecule has 1 aliphatic rings. The molecule has 1 aromatic rings. The molecule has 2 heterocycles. The summed E-state index contributed by atoms with van der Waals surface area (Å²) >= 11 is 1.36. The molecule has 1 atom stereocenters. The molecule has 1 aromatic heterocycles. The fourth-order valence-electron chi connectivity index (χ4n) is 2.42. The van der Waals surface area contributed by atoms with Crippen LogP contribution in [0.2, 0.25) is 0 Å². The molecular formula is C15H22ClN3OS. The molecule has 1 aliphatic heterocycles. The zero-order chi connectivity index (χ0) is 14.8. The highest BCUT2D eigenvalue weighted by Gasteiger charge is 2.26. The van der Waals surface area contributed by atoms with Crippen molar-refractivity contribution in [2.45, 2.75) is 57.9 Å². The molecule has 0 radical (unpaired) electrons. The minimum absolute atomic E-state index is 0. The van der Waals surface area contributed by atoms with E-state index in [0.29, 0.717) is 11.3 Å². The number of halogens is 1. The van der Waals surface area contributed by atoms with Gasteiger partial charge in [0.15, 0.2) is 5.78 Å². The van der Waals surface area contributed by atoms with Crippen molar-refractivity contribution in [2.75, 3.05) is 6.54 Å². The van der Waals surface area contributed by atoms with Gasteiger partial charge >= 0.3 is 0 Å². The maximum atomic E-state index is 12.2. The van der Waals surface area contributed by atoms with Crippen molar-refractivity contribution < 1.29 is 4.79 Å². The number of rotatable bonds is 3. The average molecular weight is 328 g/mol. The molecule has 0 bridgehead atoms. The Morgan fingerprint density at radius 1 is 1.48 bits per heavy atom. The fourth-order valence-corrected chi connectivity index (χ4v) is 3.50. The van der Waals surface area contributed by atoms with E-state index in [1.165, 1.54) is 11.3 Å². The predicted octanol–water partition coefficient (Wildman–Crippen LogP) is 2.99. The van der Waals surface area contributed by atoms with Crippen molar-refractivity contribution in [3.63, 3.8) is 0 Å². The standard InChI is InChI=1S/C15H21N3OS.ClH/c1-15(2,3)14-12(9-16)20-13(18-14)8-11(19)10-6-4-5-7-17-10;/h10,17H,4-8H2,1-3H3;1H/t10-;/m0./s1. The number of piperidine rings is 1. The minimum atomic E-state index is -0.161. The quantitative estimate of drug-likeness (QED) is 0.926. The van der Waals surface area contributed by atoms with Gasteiger partial charge in [-0.05, 0) is 19.4 Å². The van der Waals surface area contributed by atoms with Crippen LogP contribution in [-0.4, -0.2) is 23.4 Å². The topological polar surface area (TPSA) is 65.8 Å². The van der Waals surface area contributed by atoms with Crippen molar-refractivity contribution >= 4 is 29.5 Å². The number of ketones is 1. The Morgan fingerprint density at radius 3 is 2.67 bits per heavy atom. The van der Waals surface area contributed by atoms with E-state index in [2.05, 4.69) is 16.4 Å². The fraction of sp³-hybridized carbons (Fsp3) is 0.667. The zero-order valence-electron chi connectivity index (χ0n) is 12.7. The maximum Gasteiger partial charge on any atom is 0.156 e. The summed E-state index contributed by atoms with van der Waals surface area (Å²) in [6, 6.07) is 2.17. The number of nitrogens with one attached hydrogen (secondary N) is 1. The van der Waals surface area contributed by atoms with Crippen LogP contribution < -0.4 is 5.32 Å². The van der Waals surface area contributed by atoms with Gasteiger partial charge in [0, 0.05) is 5.41 Å². The van der Waals surface area contributed by atoms with Gasteiger partial charge in [-0.15, -0.1) is 23.7 Å². The lowest BCUT2D eigenvalue weighted by molar-refractivity contribution is -0.120. The van der Waals surface area contributed by atoms with Crippen LogP contribution >= 0.6 is 23.7 Å². The van der Waals surface area contributed by atoms with Crippen LogP contribution in [-0.2, 0) is 16.6 Å². The van der Waals surface area contributed by atoms with Crippen LogP contribution in [0.3, 0.4) is 0 Å². The van der Waals surface area contributed by atoms with Gasteiger partial charge in [0.05, 0.1) is 18.2 Å². The summed E-state index contributed by atoms with van der Waals surface area (Å²) < 4.78 is 0. The number of nitrogens with zero attached hydrogens (tertiary/aromatic N) is 2. The van der Waals surface area contributed by atoms with Gasteiger partial charge in [-0.3, -0.25) is 4.79 Å². The monoisotopic (exact) mass is 327 g/mol. The second-order valence-corrected chi connectivity index (χ2v) is 7.38. The molecule has 2 rings (SSSR count). The molecule has 1 saturated heterocycles. The maximum absolute atomic E-state index is 12.2. The number of hydrogen-bond donors (Lipinski definition) is 1.